The van der Waals surface area contributed by atoms with Crippen LogP contribution in [0.15, 0.2) is 15.4 Å². The molecule has 0 radical (unpaired) electrons. The van der Waals surface area contributed by atoms with Crippen LogP contribution in [0, 0.1) is 0 Å². The summed E-state index contributed by atoms with van der Waals surface area (Å²) in [6.07, 6.45) is 5.66. The zero-order chi connectivity index (χ0) is 19.1. The lowest BCUT2D eigenvalue weighted by Gasteiger charge is -2.24. The molecule has 1 saturated heterocycles. The molecular weight excluding hydrogens is 344 g/mol. The minimum absolute atomic E-state index is 0.168. The number of aromatic nitrogens is 3. The first-order chi connectivity index (χ1) is 13.0. The second kappa shape index (κ2) is 6.94. The Balaban J connectivity index is 1.67. The van der Waals surface area contributed by atoms with Crippen molar-refractivity contribution < 1.29 is 9.32 Å². The quantitative estimate of drug-likeness (QED) is 0.830. The number of likely N-dealkylation sites (tertiary alicyclic amines) is 1. The summed E-state index contributed by atoms with van der Waals surface area (Å²) in [5.74, 6) is 1.06. The summed E-state index contributed by atoms with van der Waals surface area (Å²) in [4.78, 5) is 32.3. The van der Waals surface area contributed by atoms with Crippen LogP contribution in [-0.4, -0.2) is 32.1 Å². The standard InChI is InChI=1S/C20H26N4O3/c1-12(2)17-21-18(27-22-17)16-9-6-10-24(16)20(26)14-11-13-7-4-5-8-15(13)23(3)19(14)25/h11-12,16H,4-10H2,1-3H3/t16-/m0/s1. The van der Waals surface area contributed by atoms with Gasteiger partial charge in [0.1, 0.15) is 11.6 Å². The van der Waals surface area contributed by atoms with Crippen molar-refractivity contribution in [1.29, 1.82) is 0 Å². The predicted molar refractivity (Wildman–Crippen MR) is 99.7 cm³/mol. The smallest absolute Gasteiger partial charge is 0.263 e. The normalized spacial score (nSPS) is 19.6. The largest absolute Gasteiger partial charge is 0.337 e. The van der Waals surface area contributed by atoms with Gasteiger partial charge in [0.2, 0.25) is 5.89 Å². The van der Waals surface area contributed by atoms with Crippen LogP contribution in [0.3, 0.4) is 0 Å². The molecule has 0 bridgehead atoms. The average Bonchev–Trinajstić information content (AvgIpc) is 3.33. The number of hydrogen-bond donors (Lipinski definition) is 0. The highest BCUT2D eigenvalue weighted by molar-refractivity contribution is 5.94. The van der Waals surface area contributed by atoms with E-state index in [1.807, 2.05) is 19.9 Å². The number of rotatable bonds is 3. The van der Waals surface area contributed by atoms with E-state index in [2.05, 4.69) is 10.1 Å². The van der Waals surface area contributed by atoms with Gasteiger partial charge in [-0.15, -0.1) is 0 Å². The molecule has 1 amide bonds. The highest BCUT2D eigenvalue weighted by Crippen LogP contribution is 2.33. The number of fused-ring (bicyclic) bond motifs is 1. The summed E-state index contributed by atoms with van der Waals surface area (Å²) in [7, 11) is 1.78. The van der Waals surface area contributed by atoms with E-state index in [1.54, 1.807) is 16.5 Å². The number of hydrogen-bond acceptors (Lipinski definition) is 5. The van der Waals surface area contributed by atoms with Crippen LogP contribution in [0.5, 0.6) is 0 Å². The maximum absolute atomic E-state index is 13.3. The average molecular weight is 370 g/mol. The van der Waals surface area contributed by atoms with Crippen molar-refractivity contribution in [2.75, 3.05) is 6.54 Å². The van der Waals surface area contributed by atoms with Gasteiger partial charge in [0.15, 0.2) is 5.82 Å². The third-order valence-electron chi connectivity index (χ3n) is 5.74. The van der Waals surface area contributed by atoms with Gasteiger partial charge < -0.3 is 14.0 Å². The summed E-state index contributed by atoms with van der Waals surface area (Å²) in [6.45, 7) is 4.61. The molecule has 3 heterocycles. The van der Waals surface area contributed by atoms with Crippen LogP contribution in [0.4, 0.5) is 0 Å². The first-order valence-corrected chi connectivity index (χ1v) is 9.83. The molecular formula is C20H26N4O3. The van der Waals surface area contributed by atoms with E-state index in [4.69, 9.17) is 4.52 Å². The minimum Gasteiger partial charge on any atom is -0.337 e. The highest BCUT2D eigenvalue weighted by atomic mass is 16.5. The molecule has 0 N–H and O–H groups in total. The SMILES string of the molecule is CC(C)c1noc([C@@H]2CCCN2C(=O)c2cc3c(n(C)c2=O)CCCC3)n1. The number of aryl methyl sites for hydroxylation is 1. The fourth-order valence-corrected chi connectivity index (χ4v) is 4.18. The second-order valence-electron chi connectivity index (χ2n) is 7.90. The Kier molecular flexibility index (Phi) is 4.61. The molecule has 1 aliphatic heterocycles. The van der Waals surface area contributed by atoms with Gasteiger partial charge >= 0.3 is 0 Å². The molecule has 1 aliphatic carbocycles. The zero-order valence-corrected chi connectivity index (χ0v) is 16.2. The van der Waals surface area contributed by atoms with Gasteiger partial charge in [0.25, 0.3) is 11.5 Å². The molecule has 0 aromatic carbocycles. The molecule has 1 fully saturated rings. The summed E-state index contributed by atoms with van der Waals surface area (Å²) >= 11 is 0. The van der Waals surface area contributed by atoms with Crippen molar-refractivity contribution in [3.05, 3.63) is 45.0 Å². The van der Waals surface area contributed by atoms with Crippen molar-refractivity contribution >= 4 is 5.91 Å². The van der Waals surface area contributed by atoms with Gasteiger partial charge in [-0.1, -0.05) is 19.0 Å². The first kappa shape index (κ1) is 17.9. The van der Waals surface area contributed by atoms with Crippen molar-refractivity contribution in [1.82, 2.24) is 19.6 Å². The zero-order valence-electron chi connectivity index (χ0n) is 16.2. The minimum atomic E-state index is -0.252. The van der Waals surface area contributed by atoms with Gasteiger partial charge in [-0.3, -0.25) is 9.59 Å². The fourth-order valence-electron chi connectivity index (χ4n) is 4.18. The molecule has 1 atom stereocenters. The molecule has 27 heavy (non-hydrogen) atoms. The molecule has 0 saturated carbocycles. The lowest BCUT2D eigenvalue weighted by atomic mass is 9.94. The van der Waals surface area contributed by atoms with Crippen LogP contribution in [0.2, 0.25) is 0 Å². The van der Waals surface area contributed by atoms with Gasteiger partial charge in [0.05, 0.1) is 0 Å². The number of nitrogens with zero attached hydrogens (tertiary/aromatic N) is 4. The van der Waals surface area contributed by atoms with E-state index in [9.17, 15) is 9.59 Å². The van der Waals surface area contributed by atoms with E-state index in [0.29, 0.717) is 18.3 Å². The van der Waals surface area contributed by atoms with E-state index >= 15 is 0 Å². The number of carbonyl (C=O) groups is 1. The van der Waals surface area contributed by atoms with Crippen LogP contribution in [0.25, 0.3) is 0 Å². The Bertz CT molecular complexity index is 928. The molecule has 2 aromatic heterocycles. The highest BCUT2D eigenvalue weighted by Gasteiger charge is 2.36. The van der Waals surface area contributed by atoms with Crippen LogP contribution in [0.1, 0.15) is 84.8 Å². The Morgan fingerprint density at radius 2 is 2.04 bits per heavy atom. The van der Waals surface area contributed by atoms with Crippen molar-refractivity contribution in [3.8, 4) is 0 Å². The first-order valence-electron chi connectivity index (χ1n) is 9.83. The molecule has 2 aliphatic rings. The van der Waals surface area contributed by atoms with Crippen molar-refractivity contribution in [3.63, 3.8) is 0 Å². The molecule has 0 spiro atoms. The third kappa shape index (κ3) is 3.09. The van der Waals surface area contributed by atoms with E-state index < -0.39 is 0 Å². The van der Waals surface area contributed by atoms with E-state index in [-0.39, 0.29) is 29.0 Å². The molecule has 4 rings (SSSR count). The Morgan fingerprint density at radius 3 is 2.78 bits per heavy atom. The van der Waals surface area contributed by atoms with Crippen LogP contribution >= 0.6 is 0 Å². The Morgan fingerprint density at radius 1 is 1.26 bits per heavy atom. The predicted octanol–water partition coefficient (Wildman–Crippen LogP) is 2.75. The molecule has 7 heteroatoms. The number of amides is 1. The fraction of sp³-hybridized carbons (Fsp3) is 0.600. The topological polar surface area (TPSA) is 81.2 Å². The Hall–Kier alpha value is -2.44. The van der Waals surface area contributed by atoms with Crippen LogP contribution in [-0.2, 0) is 19.9 Å². The van der Waals surface area contributed by atoms with E-state index in [0.717, 1.165) is 49.8 Å². The maximum atomic E-state index is 13.3. The molecule has 2 aromatic rings. The van der Waals surface area contributed by atoms with Crippen LogP contribution < -0.4 is 5.56 Å². The monoisotopic (exact) mass is 370 g/mol. The molecule has 0 unspecified atom stereocenters. The van der Waals surface area contributed by atoms with Crippen molar-refractivity contribution in [2.45, 2.75) is 64.3 Å². The lowest BCUT2D eigenvalue weighted by molar-refractivity contribution is 0.0707. The van der Waals surface area contributed by atoms with Gasteiger partial charge in [0, 0.05) is 25.2 Å². The summed E-state index contributed by atoms with van der Waals surface area (Å²) in [5, 5.41) is 4.03. The van der Waals surface area contributed by atoms with E-state index in [1.165, 1.54) is 0 Å². The second-order valence-corrected chi connectivity index (χ2v) is 7.90. The van der Waals surface area contributed by atoms with Gasteiger partial charge in [-0.25, -0.2) is 0 Å². The summed E-state index contributed by atoms with van der Waals surface area (Å²) in [5.41, 5.74) is 2.25. The number of pyridine rings is 1. The molecule has 144 valence electrons. The maximum Gasteiger partial charge on any atom is 0.263 e. The lowest BCUT2D eigenvalue weighted by Crippen LogP contribution is -2.37. The number of carbonyl (C=O) groups excluding carboxylic acids is 1. The summed E-state index contributed by atoms with van der Waals surface area (Å²) < 4.78 is 7.10. The van der Waals surface area contributed by atoms with Crippen molar-refractivity contribution in [2.24, 2.45) is 7.05 Å². The third-order valence-corrected chi connectivity index (χ3v) is 5.74. The Labute approximate surface area is 158 Å². The summed E-state index contributed by atoms with van der Waals surface area (Å²) in [6, 6.07) is 1.57. The van der Waals surface area contributed by atoms with Gasteiger partial charge in [-0.05, 0) is 50.2 Å². The van der Waals surface area contributed by atoms with Gasteiger partial charge in [-0.2, -0.15) is 4.98 Å². The molecule has 7 nitrogen and oxygen atoms in total.